The molecule has 0 rings (SSSR count). The Bertz CT molecular complexity index is 24.7. The molecule has 0 spiro atoms. The first kappa shape index (κ1) is 6.43. The van der Waals surface area contributed by atoms with E-state index in [1.807, 2.05) is 0 Å². The largest absolute Gasteiger partial charge is 0.0749 e. The first-order valence-corrected chi connectivity index (χ1v) is 7.27. The van der Waals surface area contributed by atoms with Gasteiger partial charge in [-0.3, -0.25) is 0 Å². The lowest BCUT2D eigenvalue weighted by molar-refractivity contribution is 1.31. The molecule has 0 fully saturated rings. The summed E-state index contributed by atoms with van der Waals surface area (Å²) >= 11 is 0. The molecule has 0 bridgehead atoms. The zero-order valence-electron chi connectivity index (χ0n) is 4.99. The average molecular weight is 118 g/mol. The molecule has 0 amide bonds. The van der Waals surface area contributed by atoms with Crippen molar-refractivity contribution in [3.8, 4) is 0 Å². The Morgan fingerprint density at radius 3 is 1.50 bits per heavy atom. The second-order valence-corrected chi connectivity index (χ2v) is 7.50. The summed E-state index contributed by atoms with van der Waals surface area (Å²) in [5.74, 6) is 0. The van der Waals surface area contributed by atoms with Crippen molar-refractivity contribution in [3.63, 3.8) is 0 Å². The fraction of sp³-hybridized carbons (Fsp3) is 1.00. The van der Waals surface area contributed by atoms with Crippen LogP contribution in [0.4, 0.5) is 0 Å². The third-order valence-electron chi connectivity index (χ3n) is 1.39. The fourth-order valence-corrected chi connectivity index (χ4v) is 2.60. The first-order valence-electron chi connectivity index (χ1n) is 2.81. The summed E-state index contributed by atoms with van der Waals surface area (Å²) in [4.78, 5) is 0. The molecule has 0 saturated heterocycles. The SMILES string of the molecule is C[SiH2]C(C)[SiH2]C. The Kier molecular flexibility index (Phi) is 3.88. The van der Waals surface area contributed by atoms with E-state index in [0.717, 1.165) is 0 Å². The van der Waals surface area contributed by atoms with Crippen LogP contribution in [0.5, 0.6) is 0 Å². The van der Waals surface area contributed by atoms with Gasteiger partial charge >= 0.3 is 0 Å². The van der Waals surface area contributed by atoms with E-state index in [0.29, 0.717) is 19.0 Å². The number of hydrogen-bond donors (Lipinski definition) is 0. The van der Waals surface area contributed by atoms with Crippen molar-refractivity contribution in [3.05, 3.63) is 0 Å². The van der Waals surface area contributed by atoms with Gasteiger partial charge < -0.3 is 0 Å². The van der Waals surface area contributed by atoms with E-state index in [4.69, 9.17) is 0 Å². The van der Waals surface area contributed by atoms with Gasteiger partial charge in [-0.25, -0.2) is 0 Å². The van der Waals surface area contributed by atoms with Crippen LogP contribution in [0.15, 0.2) is 0 Å². The lowest BCUT2D eigenvalue weighted by atomic mass is 10.9. The van der Waals surface area contributed by atoms with Crippen LogP contribution in [0, 0.1) is 0 Å². The summed E-state index contributed by atoms with van der Waals surface area (Å²) in [5.41, 5.74) is 0. The molecule has 0 heterocycles. The molecule has 38 valence electrons. The molecule has 0 aromatic carbocycles. The van der Waals surface area contributed by atoms with E-state index in [9.17, 15) is 0 Å². The van der Waals surface area contributed by atoms with E-state index in [-0.39, 0.29) is 0 Å². The van der Waals surface area contributed by atoms with Gasteiger partial charge in [-0.15, -0.1) is 0 Å². The van der Waals surface area contributed by atoms with Gasteiger partial charge in [-0.1, -0.05) is 25.2 Å². The minimum absolute atomic E-state index is 0.400. The summed E-state index contributed by atoms with van der Waals surface area (Å²) in [7, 11) is 0.800. The Hall–Kier alpha value is 0.434. The molecule has 6 heavy (non-hydrogen) atoms. The minimum Gasteiger partial charge on any atom is -0.0749 e. The highest BCUT2D eigenvalue weighted by molar-refractivity contribution is 6.57. The quantitative estimate of drug-likeness (QED) is 0.454. The fourth-order valence-electron chi connectivity index (χ4n) is 0.289. The van der Waals surface area contributed by atoms with Crippen LogP contribution in [-0.4, -0.2) is 19.0 Å². The van der Waals surface area contributed by atoms with Crippen LogP contribution >= 0.6 is 0 Å². The molecular weight excluding hydrogens is 104 g/mol. The Balaban J connectivity index is 2.75. The van der Waals surface area contributed by atoms with Crippen molar-refractivity contribution in [2.75, 3.05) is 0 Å². The third-order valence-corrected chi connectivity index (χ3v) is 7.65. The number of rotatable bonds is 2. The molecule has 0 atom stereocenters. The van der Waals surface area contributed by atoms with Crippen molar-refractivity contribution in [2.24, 2.45) is 0 Å². The van der Waals surface area contributed by atoms with E-state index in [2.05, 4.69) is 20.0 Å². The third kappa shape index (κ3) is 2.66. The Morgan fingerprint density at radius 1 is 1.17 bits per heavy atom. The smallest absolute Gasteiger partial charge is 0.0163 e. The summed E-state index contributed by atoms with van der Waals surface area (Å²) in [6.07, 6.45) is 0. The Labute approximate surface area is 45.0 Å². The predicted octanol–water partition coefficient (Wildman–Crippen LogP) is 0.186. The zero-order valence-corrected chi connectivity index (χ0v) is 7.82. The molecule has 0 aliphatic heterocycles. The van der Waals surface area contributed by atoms with E-state index in [1.54, 1.807) is 0 Å². The van der Waals surface area contributed by atoms with Crippen LogP contribution in [-0.2, 0) is 0 Å². The monoisotopic (exact) mass is 118 g/mol. The molecule has 0 unspecified atom stereocenters. The van der Waals surface area contributed by atoms with Gasteiger partial charge in [0.1, 0.15) is 0 Å². The van der Waals surface area contributed by atoms with E-state index in [1.165, 1.54) is 5.16 Å². The van der Waals surface area contributed by atoms with E-state index >= 15 is 0 Å². The zero-order chi connectivity index (χ0) is 4.99. The molecule has 0 aromatic rings. The van der Waals surface area contributed by atoms with Gasteiger partial charge in [-0.05, 0) is 0 Å². The molecule has 0 aromatic heterocycles. The average Bonchev–Trinajstić information content (AvgIpc) is 1.65. The normalized spacial score (nSPS) is 18.5. The van der Waals surface area contributed by atoms with Crippen LogP contribution < -0.4 is 0 Å². The first-order chi connectivity index (χ1) is 2.81. The predicted molar refractivity (Wildman–Crippen MR) is 38.2 cm³/mol. The van der Waals surface area contributed by atoms with Crippen LogP contribution in [0.2, 0.25) is 18.3 Å². The standard InChI is InChI=1S/C4H14Si2/c1-4(5-2)6-3/h4H,5-6H2,1-3H3. The van der Waals surface area contributed by atoms with Crippen molar-refractivity contribution in [2.45, 2.75) is 25.2 Å². The molecular formula is C4H14Si2. The van der Waals surface area contributed by atoms with Gasteiger partial charge in [0.05, 0.1) is 0 Å². The molecule has 0 N–H and O–H groups in total. The lowest BCUT2D eigenvalue weighted by Gasteiger charge is -1.97. The molecule has 0 saturated carbocycles. The molecule has 0 radical (unpaired) electrons. The summed E-state index contributed by atoms with van der Waals surface area (Å²) < 4.78 is 0. The summed E-state index contributed by atoms with van der Waals surface area (Å²) in [5, 5.41) is 1.21. The highest BCUT2D eigenvalue weighted by Gasteiger charge is 1.90. The van der Waals surface area contributed by atoms with Gasteiger partial charge in [-0.2, -0.15) is 0 Å². The maximum atomic E-state index is 2.40. The van der Waals surface area contributed by atoms with Crippen LogP contribution in [0.3, 0.4) is 0 Å². The molecule has 0 aliphatic carbocycles. The van der Waals surface area contributed by atoms with Crippen molar-refractivity contribution in [1.82, 2.24) is 0 Å². The van der Waals surface area contributed by atoms with Crippen molar-refractivity contribution < 1.29 is 0 Å². The number of hydrogen-bond acceptors (Lipinski definition) is 0. The van der Waals surface area contributed by atoms with Gasteiger partial charge in [0.2, 0.25) is 0 Å². The topological polar surface area (TPSA) is 0 Å². The van der Waals surface area contributed by atoms with Crippen LogP contribution in [0.1, 0.15) is 6.92 Å². The highest BCUT2D eigenvalue weighted by Crippen LogP contribution is 1.93. The van der Waals surface area contributed by atoms with E-state index < -0.39 is 0 Å². The van der Waals surface area contributed by atoms with Gasteiger partial charge in [0.25, 0.3) is 0 Å². The van der Waals surface area contributed by atoms with Gasteiger partial charge in [0.15, 0.2) is 0 Å². The van der Waals surface area contributed by atoms with Crippen molar-refractivity contribution in [1.29, 1.82) is 0 Å². The maximum Gasteiger partial charge on any atom is 0.0163 e. The summed E-state index contributed by atoms with van der Waals surface area (Å²) in [6.45, 7) is 7.21. The molecule has 2 heteroatoms. The Morgan fingerprint density at radius 2 is 1.50 bits per heavy atom. The summed E-state index contributed by atoms with van der Waals surface area (Å²) in [6, 6.07) is 0. The highest BCUT2D eigenvalue weighted by atomic mass is 28.3. The molecule has 0 aliphatic rings. The lowest BCUT2D eigenvalue weighted by Crippen LogP contribution is -1.99. The second kappa shape index (κ2) is 3.62. The van der Waals surface area contributed by atoms with Crippen LogP contribution in [0.25, 0.3) is 0 Å². The maximum absolute atomic E-state index is 2.40. The minimum atomic E-state index is 0.400. The second-order valence-electron chi connectivity index (χ2n) is 1.92. The molecule has 0 nitrogen and oxygen atoms in total. The van der Waals surface area contributed by atoms with Crippen molar-refractivity contribution >= 4 is 19.0 Å². The van der Waals surface area contributed by atoms with Gasteiger partial charge in [0, 0.05) is 19.0 Å².